The molecule has 0 spiro atoms. The molecule has 0 aliphatic rings. The smallest absolute Gasteiger partial charge is 0.264 e. The highest BCUT2D eigenvalue weighted by molar-refractivity contribution is 7.92. The maximum atomic E-state index is 13.3. The van der Waals surface area contributed by atoms with Crippen LogP contribution in [0.5, 0.6) is 0 Å². The highest BCUT2D eigenvalue weighted by Gasteiger charge is 2.26. The SMILES string of the molecule is C=CCN(c1ccccc1Cl)S(=O)(=O)c1cccc(C(=O)NCc2ccc(F)cc2)c1. The summed E-state index contributed by atoms with van der Waals surface area (Å²) in [5.74, 6) is -0.815. The minimum atomic E-state index is -4.01. The minimum absolute atomic E-state index is 0.00700. The summed E-state index contributed by atoms with van der Waals surface area (Å²) in [4.78, 5) is 12.5. The Labute approximate surface area is 185 Å². The quantitative estimate of drug-likeness (QED) is 0.493. The van der Waals surface area contributed by atoms with E-state index in [2.05, 4.69) is 11.9 Å². The molecule has 0 bridgehead atoms. The molecular formula is C23H20ClFN2O3S. The molecule has 0 heterocycles. The Bertz CT molecular complexity index is 1200. The second-order valence-electron chi connectivity index (χ2n) is 6.61. The van der Waals surface area contributed by atoms with Gasteiger partial charge in [0, 0.05) is 12.1 Å². The molecule has 3 rings (SSSR count). The van der Waals surface area contributed by atoms with Crippen LogP contribution in [0.2, 0.25) is 5.02 Å². The van der Waals surface area contributed by atoms with Crippen LogP contribution >= 0.6 is 11.6 Å². The first-order valence-corrected chi connectivity index (χ1v) is 11.2. The predicted molar refractivity (Wildman–Crippen MR) is 120 cm³/mol. The Morgan fingerprint density at radius 3 is 2.45 bits per heavy atom. The number of nitrogens with one attached hydrogen (secondary N) is 1. The Balaban J connectivity index is 1.86. The van der Waals surface area contributed by atoms with E-state index in [-0.39, 0.29) is 34.4 Å². The third kappa shape index (κ3) is 5.31. The van der Waals surface area contributed by atoms with Crippen LogP contribution in [0, 0.1) is 5.82 Å². The molecule has 31 heavy (non-hydrogen) atoms. The maximum Gasteiger partial charge on any atom is 0.264 e. The number of anilines is 1. The normalized spacial score (nSPS) is 11.0. The number of amides is 1. The van der Waals surface area contributed by atoms with Crippen LogP contribution in [0.15, 0.2) is 90.3 Å². The third-order valence-corrected chi connectivity index (χ3v) is 6.56. The Hall–Kier alpha value is -3.16. The van der Waals surface area contributed by atoms with Crippen LogP contribution < -0.4 is 9.62 Å². The fourth-order valence-corrected chi connectivity index (χ4v) is 4.70. The number of carbonyl (C=O) groups is 1. The van der Waals surface area contributed by atoms with E-state index in [0.29, 0.717) is 5.69 Å². The number of carbonyl (C=O) groups excluding carboxylic acids is 1. The van der Waals surface area contributed by atoms with Gasteiger partial charge < -0.3 is 5.32 Å². The number of nitrogens with zero attached hydrogens (tertiary/aromatic N) is 1. The number of hydrogen-bond donors (Lipinski definition) is 1. The van der Waals surface area contributed by atoms with Crippen molar-refractivity contribution < 1.29 is 17.6 Å². The van der Waals surface area contributed by atoms with Gasteiger partial charge in [0.05, 0.1) is 22.2 Å². The zero-order chi connectivity index (χ0) is 22.4. The van der Waals surface area contributed by atoms with Gasteiger partial charge in [-0.3, -0.25) is 9.10 Å². The molecule has 0 fully saturated rings. The number of para-hydroxylation sites is 1. The summed E-state index contributed by atoms with van der Waals surface area (Å²) in [5.41, 5.74) is 1.21. The molecule has 8 heteroatoms. The predicted octanol–water partition coefficient (Wildman–Crippen LogP) is 4.79. The van der Waals surface area contributed by atoms with Crippen molar-refractivity contribution in [3.8, 4) is 0 Å². The lowest BCUT2D eigenvalue weighted by Gasteiger charge is -2.24. The van der Waals surface area contributed by atoms with Crippen molar-refractivity contribution in [1.82, 2.24) is 5.32 Å². The monoisotopic (exact) mass is 458 g/mol. The van der Waals surface area contributed by atoms with Gasteiger partial charge in [0.15, 0.2) is 0 Å². The van der Waals surface area contributed by atoms with Crippen molar-refractivity contribution in [2.75, 3.05) is 10.8 Å². The van der Waals surface area contributed by atoms with Crippen LogP contribution in [-0.4, -0.2) is 20.9 Å². The van der Waals surface area contributed by atoms with Gasteiger partial charge in [0.25, 0.3) is 15.9 Å². The van der Waals surface area contributed by atoms with Crippen molar-refractivity contribution in [2.45, 2.75) is 11.4 Å². The van der Waals surface area contributed by atoms with Crippen molar-refractivity contribution in [3.63, 3.8) is 0 Å². The first-order valence-electron chi connectivity index (χ1n) is 9.34. The molecule has 160 valence electrons. The van der Waals surface area contributed by atoms with Gasteiger partial charge in [-0.1, -0.05) is 48.0 Å². The van der Waals surface area contributed by atoms with Gasteiger partial charge in [-0.15, -0.1) is 6.58 Å². The van der Waals surface area contributed by atoms with Crippen LogP contribution in [0.1, 0.15) is 15.9 Å². The maximum absolute atomic E-state index is 13.3. The van der Waals surface area contributed by atoms with E-state index in [1.54, 1.807) is 36.4 Å². The summed E-state index contributed by atoms with van der Waals surface area (Å²) in [5, 5.41) is 2.98. The molecule has 0 atom stereocenters. The first kappa shape index (κ1) is 22.5. The number of sulfonamides is 1. The second kappa shape index (κ2) is 9.76. The van der Waals surface area contributed by atoms with Crippen LogP contribution in [0.3, 0.4) is 0 Å². The van der Waals surface area contributed by atoms with E-state index in [1.807, 2.05) is 0 Å². The van der Waals surface area contributed by atoms with E-state index in [9.17, 15) is 17.6 Å². The lowest BCUT2D eigenvalue weighted by atomic mass is 10.2. The Kier molecular flexibility index (Phi) is 7.09. The van der Waals surface area contributed by atoms with Crippen molar-refractivity contribution in [3.05, 3.63) is 107 Å². The lowest BCUT2D eigenvalue weighted by Crippen LogP contribution is -2.31. The number of rotatable bonds is 8. The first-order chi connectivity index (χ1) is 14.8. The van der Waals surface area contributed by atoms with Gasteiger partial charge >= 0.3 is 0 Å². The molecule has 0 aliphatic heterocycles. The summed E-state index contributed by atoms with van der Waals surface area (Å²) in [6.45, 7) is 3.82. The van der Waals surface area contributed by atoms with E-state index >= 15 is 0 Å². The average Bonchev–Trinajstić information content (AvgIpc) is 2.77. The van der Waals surface area contributed by atoms with Crippen LogP contribution in [0.4, 0.5) is 10.1 Å². The largest absolute Gasteiger partial charge is 0.348 e. The molecule has 1 N–H and O–H groups in total. The summed E-state index contributed by atoms with van der Waals surface area (Å²) in [7, 11) is -4.01. The highest BCUT2D eigenvalue weighted by atomic mass is 35.5. The molecule has 0 aromatic heterocycles. The Morgan fingerprint density at radius 1 is 1.06 bits per heavy atom. The molecule has 0 saturated carbocycles. The fourth-order valence-electron chi connectivity index (χ4n) is 2.91. The van der Waals surface area contributed by atoms with Crippen LogP contribution in [0.25, 0.3) is 0 Å². The van der Waals surface area contributed by atoms with Gasteiger partial charge in [-0.2, -0.15) is 0 Å². The zero-order valence-corrected chi connectivity index (χ0v) is 18.0. The second-order valence-corrected chi connectivity index (χ2v) is 8.88. The number of benzene rings is 3. The molecule has 0 radical (unpaired) electrons. The molecule has 5 nitrogen and oxygen atoms in total. The molecule has 0 aliphatic carbocycles. The van der Waals surface area contributed by atoms with Crippen molar-refractivity contribution >= 4 is 33.2 Å². The summed E-state index contributed by atoms with van der Waals surface area (Å²) in [6.07, 6.45) is 1.46. The van der Waals surface area contributed by atoms with Crippen molar-refractivity contribution in [2.24, 2.45) is 0 Å². The topological polar surface area (TPSA) is 66.5 Å². The standard InChI is InChI=1S/C23H20ClFN2O3S/c1-2-14-27(22-9-4-3-8-21(22)24)31(29,30)20-7-5-6-18(15-20)23(28)26-16-17-10-12-19(25)13-11-17/h2-13,15H,1,14,16H2,(H,26,28). The molecule has 0 unspecified atom stereocenters. The zero-order valence-electron chi connectivity index (χ0n) is 16.5. The Morgan fingerprint density at radius 2 is 1.77 bits per heavy atom. The summed E-state index contributed by atoms with van der Waals surface area (Å²) in [6, 6.07) is 18.1. The number of halogens is 2. The average molecular weight is 459 g/mol. The van der Waals surface area contributed by atoms with Gasteiger partial charge in [0.2, 0.25) is 0 Å². The minimum Gasteiger partial charge on any atom is -0.348 e. The third-order valence-electron chi connectivity index (χ3n) is 4.47. The molecule has 0 saturated heterocycles. The highest BCUT2D eigenvalue weighted by Crippen LogP contribution is 2.30. The van der Waals surface area contributed by atoms with Crippen LogP contribution in [-0.2, 0) is 16.6 Å². The molecule has 3 aromatic rings. The van der Waals surface area contributed by atoms with E-state index < -0.39 is 15.9 Å². The summed E-state index contributed by atoms with van der Waals surface area (Å²) < 4.78 is 40.8. The van der Waals surface area contributed by atoms with E-state index in [4.69, 9.17) is 11.6 Å². The summed E-state index contributed by atoms with van der Waals surface area (Å²) >= 11 is 6.21. The molecular weight excluding hydrogens is 439 g/mol. The van der Waals surface area contributed by atoms with Gasteiger partial charge in [0.1, 0.15) is 5.82 Å². The molecule has 1 amide bonds. The van der Waals surface area contributed by atoms with Gasteiger partial charge in [-0.25, -0.2) is 12.8 Å². The lowest BCUT2D eigenvalue weighted by molar-refractivity contribution is 0.0950. The van der Waals surface area contributed by atoms with E-state index in [1.165, 1.54) is 42.5 Å². The van der Waals surface area contributed by atoms with Crippen molar-refractivity contribution in [1.29, 1.82) is 0 Å². The molecule has 3 aromatic carbocycles. The van der Waals surface area contributed by atoms with E-state index in [0.717, 1.165) is 9.87 Å². The fraction of sp³-hybridized carbons (Fsp3) is 0.0870. The van der Waals surface area contributed by atoms with Gasteiger partial charge in [-0.05, 0) is 48.0 Å². The number of hydrogen-bond acceptors (Lipinski definition) is 3.